The van der Waals surface area contributed by atoms with Crippen LogP contribution in [-0.4, -0.2) is 28.6 Å². The summed E-state index contributed by atoms with van der Waals surface area (Å²) >= 11 is 0. The molecule has 0 atom stereocenters. The van der Waals surface area contributed by atoms with Gasteiger partial charge in [-0.15, -0.1) is 0 Å². The summed E-state index contributed by atoms with van der Waals surface area (Å²) in [7, 11) is -3.76. The van der Waals surface area contributed by atoms with Crippen LogP contribution in [0.3, 0.4) is 0 Å². The van der Waals surface area contributed by atoms with Crippen LogP contribution in [0, 0.1) is 0 Å². The Morgan fingerprint density at radius 2 is 1.73 bits per heavy atom. The van der Waals surface area contributed by atoms with E-state index in [2.05, 4.69) is 0 Å². The van der Waals surface area contributed by atoms with Crippen molar-refractivity contribution < 1.29 is 23.9 Å². The van der Waals surface area contributed by atoms with E-state index in [1.165, 1.54) is 0 Å². The van der Waals surface area contributed by atoms with Crippen LogP contribution >= 0.6 is 7.60 Å². The summed E-state index contributed by atoms with van der Waals surface area (Å²) < 4.78 is 10.0. The molecule has 0 aromatic heterocycles. The summed E-state index contributed by atoms with van der Waals surface area (Å²) in [5.74, 6) is 0. The molecule has 0 radical (unpaired) electrons. The summed E-state index contributed by atoms with van der Waals surface area (Å²) in [6, 6.07) is 0. The van der Waals surface area contributed by atoms with Crippen LogP contribution in [0.5, 0.6) is 0 Å². The Hall–Kier alpha value is -0.510. The van der Waals surface area contributed by atoms with Crippen LogP contribution in [0.25, 0.3) is 0 Å². The van der Waals surface area contributed by atoms with Crippen LogP contribution in [0.4, 0.5) is 0 Å². The van der Waals surface area contributed by atoms with Crippen molar-refractivity contribution in [3.63, 3.8) is 0 Å². The van der Waals surface area contributed by atoms with Crippen molar-refractivity contribution in [2.24, 2.45) is 5.73 Å². The van der Waals surface area contributed by atoms with E-state index in [0.717, 1.165) is 0 Å². The molecular formula is C4H10NO5P. The minimum absolute atomic E-state index is 0.0938. The highest BCUT2D eigenvalue weighted by molar-refractivity contribution is 7.51. The number of rotatable bonds is 3. The molecule has 7 heteroatoms. The van der Waals surface area contributed by atoms with Gasteiger partial charge in [0.25, 0.3) is 0 Å². The van der Waals surface area contributed by atoms with Gasteiger partial charge in [0.15, 0.2) is 0 Å². The molecule has 66 valence electrons. The molecule has 0 aliphatic carbocycles. The highest BCUT2D eigenvalue weighted by atomic mass is 31.2. The van der Waals surface area contributed by atoms with Gasteiger partial charge in [0.05, 0.1) is 6.16 Å². The fourth-order valence-corrected chi connectivity index (χ4v) is 0.892. The molecule has 6 nitrogen and oxygen atoms in total. The van der Waals surface area contributed by atoms with Crippen molar-refractivity contribution in [1.29, 1.82) is 0 Å². The second-order valence-electron chi connectivity index (χ2n) is 1.61. The first-order chi connectivity index (χ1) is 4.97. The van der Waals surface area contributed by atoms with Gasteiger partial charge < -0.3 is 15.5 Å². The molecule has 0 bridgehead atoms. The first-order valence-corrected chi connectivity index (χ1v) is 4.51. The van der Waals surface area contributed by atoms with E-state index in [1.807, 2.05) is 0 Å². The van der Waals surface area contributed by atoms with Crippen molar-refractivity contribution in [2.75, 3.05) is 12.7 Å². The van der Waals surface area contributed by atoms with Gasteiger partial charge >= 0.3 is 13.7 Å². The summed E-state index contributed by atoms with van der Waals surface area (Å²) in [4.78, 5) is 32.7. The van der Waals surface area contributed by atoms with Gasteiger partial charge in [-0.1, -0.05) is 0 Å². The zero-order chi connectivity index (χ0) is 9.33. The molecule has 0 spiro atoms. The largest absolute Gasteiger partial charge is 0.373 e. The van der Waals surface area contributed by atoms with Crippen LogP contribution in [0.1, 0.15) is 6.42 Å². The molecule has 0 saturated heterocycles. The van der Waals surface area contributed by atoms with Crippen LogP contribution in [0.2, 0.25) is 0 Å². The van der Waals surface area contributed by atoms with Crippen molar-refractivity contribution in [3.8, 4) is 0 Å². The van der Waals surface area contributed by atoms with Gasteiger partial charge in [-0.2, -0.15) is 9.59 Å². The molecule has 4 N–H and O–H groups in total. The third kappa shape index (κ3) is 26.4. The maximum absolute atomic E-state index is 10.0. The SMILES string of the molecule is NCCCP(=O)(O)O.O=C=O. The smallest absolute Gasteiger partial charge is 0.330 e. The molecule has 0 unspecified atom stereocenters. The van der Waals surface area contributed by atoms with Crippen molar-refractivity contribution in [2.45, 2.75) is 6.42 Å². The molecule has 0 aliphatic heterocycles. The maximum atomic E-state index is 10.0. The molecule has 0 aromatic rings. The Balaban J connectivity index is 0. The zero-order valence-electron chi connectivity index (χ0n) is 5.77. The van der Waals surface area contributed by atoms with Crippen LogP contribution in [-0.2, 0) is 14.2 Å². The summed E-state index contributed by atoms with van der Waals surface area (Å²) in [5.41, 5.74) is 4.99. The van der Waals surface area contributed by atoms with Crippen molar-refractivity contribution in [1.82, 2.24) is 0 Å². The highest BCUT2D eigenvalue weighted by Crippen LogP contribution is 2.34. The average molecular weight is 183 g/mol. The lowest BCUT2D eigenvalue weighted by molar-refractivity contribution is -0.191. The normalized spacial score (nSPS) is 9.36. The topological polar surface area (TPSA) is 118 Å². The van der Waals surface area contributed by atoms with Gasteiger partial charge in [0, 0.05) is 0 Å². The standard InChI is InChI=1S/C3H10NO3P.CO2/c4-2-1-3-8(5,6)7;2-1-3/h1-4H2,(H2,5,6,7);. The average Bonchev–Trinajstić information content (AvgIpc) is 1.84. The van der Waals surface area contributed by atoms with E-state index in [9.17, 15) is 4.57 Å². The lowest BCUT2D eigenvalue weighted by atomic mass is 10.5. The quantitative estimate of drug-likeness (QED) is 0.479. The van der Waals surface area contributed by atoms with Gasteiger partial charge in [-0.3, -0.25) is 4.57 Å². The molecule has 0 aromatic carbocycles. The van der Waals surface area contributed by atoms with E-state index in [0.29, 0.717) is 13.0 Å². The number of hydrogen-bond donors (Lipinski definition) is 3. The molecule has 0 heterocycles. The van der Waals surface area contributed by atoms with Gasteiger partial charge in [-0.05, 0) is 13.0 Å². The van der Waals surface area contributed by atoms with E-state index < -0.39 is 7.60 Å². The number of hydrogen-bond acceptors (Lipinski definition) is 4. The Labute approximate surface area is 63.6 Å². The Morgan fingerprint density at radius 3 is 1.82 bits per heavy atom. The monoisotopic (exact) mass is 183 g/mol. The fraction of sp³-hybridized carbons (Fsp3) is 0.750. The highest BCUT2D eigenvalue weighted by Gasteiger charge is 2.09. The number of nitrogens with two attached hydrogens (primary N) is 1. The second-order valence-corrected chi connectivity index (χ2v) is 3.39. The first-order valence-electron chi connectivity index (χ1n) is 2.72. The minimum Gasteiger partial charge on any atom is -0.330 e. The fourth-order valence-electron chi connectivity index (χ4n) is 0.297. The van der Waals surface area contributed by atoms with E-state index in [1.54, 1.807) is 0 Å². The zero-order valence-corrected chi connectivity index (χ0v) is 6.66. The van der Waals surface area contributed by atoms with Crippen LogP contribution in [0.15, 0.2) is 0 Å². The molecule has 0 rings (SSSR count). The van der Waals surface area contributed by atoms with Gasteiger partial charge in [-0.25, -0.2) is 0 Å². The molecule has 11 heavy (non-hydrogen) atoms. The molecule has 0 aliphatic rings. The van der Waals surface area contributed by atoms with E-state index in [-0.39, 0.29) is 12.3 Å². The Bertz CT molecular complexity index is 158. The molecular weight excluding hydrogens is 173 g/mol. The van der Waals surface area contributed by atoms with Crippen molar-refractivity contribution in [3.05, 3.63) is 0 Å². The van der Waals surface area contributed by atoms with Crippen LogP contribution < -0.4 is 5.73 Å². The second kappa shape index (κ2) is 7.60. The predicted octanol–water partition coefficient (Wildman–Crippen LogP) is -1.07. The minimum atomic E-state index is -3.76. The molecule has 0 amide bonds. The first kappa shape index (κ1) is 13.1. The lowest BCUT2D eigenvalue weighted by Gasteiger charge is -1.98. The summed E-state index contributed by atoms with van der Waals surface area (Å²) in [6.07, 6.45) is 0.549. The Morgan fingerprint density at radius 1 is 1.36 bits per heavy atom. The van der Waals surface area contributed by atoms with E-state index >= 15 is 0 Å². The third-order valence-electron chi connectivity index (χ3n) is 0.654. The maximum Gasteiger partial charge on any atom is 0.373 e. The third-order valence-corrected chi connectivity index (χ3v) is 1.55. The predicted molar refractivity (Wildman–Crippen MR) is 35.6 cm³/mol. The lowest BCUT2D eigenvalue weighted by Crippen LogP contribution is -2.01. The van der Waals surface area contributed by atoms with E-state index in [4.69, 9.17) is 25.1 Å². The molecule has 0 saturated carbocycles. The summed E-state index contributed by atoms with van der Waals surface area (Å²) in [5, 5.41) is 0. The molecule has 0 fully saturated rings. The summed E-state index contributed by atoms with van der Waals surface area (Å²) in [6.45, 7) is 0.338. The van der Waals surface area contributed by atoms with Gasteiger partial charge in [0.2, 0.25) is 0 Å². The Kier molecular flexibility index (Phi) is 9.05. The number of carbonyl (C=O) groups excluding carboxylic acids is 2. The van der Waals surface area contributed by atoms with Gasteiger partial charge in [0.1, 0.15) is 0 Å². The van der Waals surface area contributed by atoms with Crippen molar-refractivity contribution >= 4 is 13.7 Å².